The van der Waals surface area contributed by atoms with E-state index in [-0.39, 0.29) is 6.04 Å². The number of nitrogens with one attached hydrogen (secondary N) is 2. The fraction of sp³-hybridized carbons (Fsp3) is 0.400. The minimum absolute atomic E-state index is 0.0565. The number of nitrogens with two attached hydrogens (primary N) is 1. The van der Waals surface area contributed by atoms with E-state index in [1.807, 2.05) is 6.92 Å². The summed E-state index contributed by atoms with van der Waals surface area (Å²) < 4.78 is 24.6. The molecule has 4 N–H and O–H groups in total. The van der Waals surface area contributed by atoms with Crippen LogP contribution < -0.4 is 15.8 Å². The summed E-state index contributed by atoms with van der Waals surface area (Å²) in [6, 6.07) is 4.92. The Hall–Kier alpha value is -0.980. The molecule has 17 heavy (non-hydrogen) atoms. The first-order valence-electron chi connectivity index (χ1n) is 5.06. The van der Waals surface area contributed by atoms with Crippen molar-refractivity contribution in [2.45, 2.75) is 13.0 Å². The van der Waals surface area contributed by atoms with Gasteiger partial charge in [0.25, 0.3) is 0 Å². The van der Waals surface area contributed by atoms with Gasteiger partial charge in [-0.1, -0.05) is 11.6 Å². The SMILES string of the molecule is CC(CN)Nc1cc(NS(C)(=O)=O)ccc1Cl. The van der Waals surface area contributed by atoms with Gasteiger partial charge < -0.3 is 11.1 Å². The molecule has 1 aromatic carbocycles. The van der Waals surface area contributed by atoms with E-state index in [0.717, 1.165) is 6.26 Å². The third kappa shape index (κ3) is 4.80. The zero-order chi connectivity index (χ0) is 13.1. The van der Waals surface area contributed by atoms with Crippen LogP contribution in [0, 0.1) is 0 Å². The van der Waals surface area contributed by atoms with Crippen LogP contribution in [0.1, 0.15) is 6.92 Å². The van der Waals surface area contributed by atoms with Crippen molar-refractivity contribution in [1.82, 2.24) is 0 Å². The van der Waals surface area contributed by atoms with Gasteiger partial charge in [0, 0.05) is 12.6 Å². The van der Waals surface area contributed by atoms with E-state index in [2.05, 4.69) is 10.0 Å². The molecule has 0 aliphatic heterocycles. The van der Waals surface area contributed by atoms with Crippen LogP contribution in [0.15, 0.2) is 18.2 Å². The highest BCUT2D eigenvalue weighted by atomic mass is 35.5. The molecule has 1 aromatic rings. The van der Waals surface area contributed by atoms with Crippen LogP contribution in [0.2, 0.25) is 5.02 Å². The van der Waals surface area contributed by atoms with Crippen molar-refractivity contribution < 1.29 is 8.42 Å². The number of anilines is 2. The molecule has 96 valence electrons. The van der Waals surface area contributed by atoms with Gasteiger partial charge >= 0.3 is 0 Å². The smallest absolute Gasteiger partial charge is 0.229 e. The minimum Gasteiger partial charge on any atom is -0.380 e. The summed E-state index contributed by atoms with van der Waals surface area (Å²) >= 11 is 5.99. The lowest BCUT2D eigenvalue weighted by Gasteiger charge is -2.15. The van der Waals surface area contributed by atoms with Crippen molar-refractivity contribution in [2.24, 2.45) is 5.73 Å². The summed E-state index contributed by atoms with van der Waals surface area (Å²) in [5.74, 6) is 0. The lowest BCUT2D eigenvalue weighted by atomic mass is 10.2. The average molecular weight is 278 g/mol. The molecule has 0 saturated heterocycles. The predicted molar refractivity (Wildman–Crippen MR) is 72.1 cm³/mol. The molecule has 0 heterocycles. The number of hydrogen-bond acceptors (Lipinski definition) is 4. The summed E-state index contributed by atoms with van der Waals surface area (Å²) in [5, 5.41) is 3.61. The van der Waals surface area contributed by atoms with Crippen molar-refractivity contribution in [2.75, 3.05) is 22.8 Å². The van der Waals surface area contributed by atoms with Gasteiger partial charge in [-0.15, -0.1) is 0 Å². The highest BCUT2D eigenvalue weighted by Crippen LogP contribution is 2.26. The van der Waals surface area contributed by atoms with Gasteiger partial charge in [-0.2, -0.15) is 0 Å². The zero-order valence-electron chi connectivity index (χ0n) is 9.70. The van der Waals surface area contributed by atoms with Crippen LogP contribution in [0.25, 0.3) is 0 Å². The molecule has 1 atom stereocenters. The Balaban J connectivity index is 2.94. The molecule has 1 rings (SSSR count). The largest absolute Gasteiger partial charge is 0.380 e. The van der Waals surface area contributed by atoms with Crippen LogP contribution in [-0.4, -0.2) is 27.3 Å². The second kappa shape index (κ2) is 5.57. The second-order valence-electron chi connectivity index (χ2n) is 3.85. The molecule has 0 bridgehead atoms. The molecular weight excluding hydrogens is 262 g/mol. The van der Waals surface area contributed by atoms with Gasteiger partial charge in [0.15, 0.2) is 0 Å². The van der Waals surface area contributed by atoms with E-state index < -0.39 is 10.0 Å². The Morgan fingerprint density at radius 2 is 2.12 bits per heavy atom. The van der Waals surface area contributed by atoms with Crippen LogP contribution in [-0.2, 0) is 10.0 Å². The number of hydrogen-bond donors (Lipinski definition) is 3. The number of rotatable bonds is 5. The summed E-state index contributed by atoms with van der Waals surface area (Å²) in [6.45, 7) is 2.37. The van der Waals surface area contributed by atoms with Gasteiger partial charge in [0.2, 0.25) is 10.0 Å². The average Bonchev–Trinajstić information content (AvgIpc) is 2.20. The van der Waals surface area contributed by atoms with Crippen molar-refractivity contribution in [3.05, 3.63) is 23.2 Å². The van der Waals surface area contributed by atoms with Gasteiger partial charge in [0.05, 0.1) is 22.7 Å². The van der Waals surface area contributed by atoms with Crippen LogP contribution in [0.3, 0.4) is 0 Å². The Kier molecular flexibility index (Phi) is 4.62. The minimum atomic E-state index is -3.29. The normalized spacial score (nSPS) is 13.2. The van der Waals surface area contributed by atoms with Gasteiger partial charge in [-0.3, -0.25) is 4.72 Å². The quantitative estimate of drug-likeness (QED) is 0.761. The Morgan fingerprint density at radius 3 is 2.65 bits per heavy atom. The van der Waals surface area contributed by atoms with Crippen LogP contribution >= 0.6 is 11.6 Å². The third-order valence-corrected chi connectivity index (χ3v) is 2.96. The molecule has 0 fully saturated rings. The fourth-order valence-electron chi connectivity index (χ4n) is 1.24. The molecule has 0 radical (unpaired) electrons. The predicted octanol–water partition coefficient (Wildman–Crippen LogP) is 1.47. The van der Waals surface area contributed by atoms with Crippen LogP contribution in [0.4, 0.5) is 11.4 Å². The highest BCUT2D eigenvalue weighted by molar-refractivity contribution is 7.92. The number of halogens is 1. The molecule has 0 aromatic heterocycles. The highest BCUT2D eigenvalue weighted by Gasteiger charge is 2.07. The molecule has 0 aliphatic carbocycles. The van der Waals surface area contributed by atoms with Crippen LogP contribution in [0.5, 0.6) is 0 Å². The maximum Gasteiger partial charge on any atom is 0.229 e. The first-order valence-corrected chi connectivity index (χ1v) is 7.32. The first-order chi connectivity index (χ1) is 7.81. The van der Waals surface area contributed by atoms with E-state index in [9.17, 15) is 8.42 Å². The molecule has 5 nitrogen and oxygen atoms in total. The van der Waals surface area contributed by atoms with E-state index in [4.69, 9.17) is 17.3 Å². The van der Waals surface area contributed by atoms with E-state index >= 15 is 0 Å². The van der Waals surface area contributed by atoms with Gasteiger partial charge in [-0.25, -0.2) is 8.42 Å². The Morgan fingerprint density at radius 1 is 1.47 bits per heavy atom. The molecule has 0 amide bonds. The third-order valence-electron chi connectivity index (χ3n) is 2.03. The van der Waals surface area contributed by atoms with E-state index in [0.29, 0.717) is 22.9 Å². The summed E-state index contributed by atoms with van der Waals surface area (Å²) in [5.41, 5.74) is 6.61. The summed E-state index contributed by atoms with van der Waals surface area (Å²) in [7, 11) is -3.29. The van der Waals surface area contributed by atoms with Crippen molar-refractivity contribution >= 4 is 33.0 Å². The fourth-order valence-corrected chi connectivity index (χ4v) is 1.97. The molecule has 1 unspecified atom stereocenters. The number of sulfonamides is 1. The Labute approximate surface area is 106 Å². The molecule has 0 saturated carbocycles. The standard InChI is InChI=1S/C10H16ClN3O2S/c1-7(6-12)13-10-5-8(3-4-9(10)11)14-17(2,15)16/h3-5,7,13-14H,6,12H2,1-2H3. The van der Waals surface area contributed by atoms with Gasteiger partial charge in [-0.05, 0) is 25.1 Å². The van der Waals surface area contributed by atoms with Crippen molar-refractivity contribution in [1.29, 1.82) is 0 Å². The summed E-state index contributed by atoms with van der Waals surface area (Å²) in [6.07, 6.45) is 1.09. The monoisotopic (exact) mass is 277 g/mol. The summed E-state index contributed by atoms with van der Waals surface area (Å²) in [4.78, 5) is 0. The van der Waals surface area contributed by atoms with Gasteiger partial charge in [0.1, 0.15) is 0 Å². The molecule has 0 aliphatic rings. The lowest BCUT2D eigenvalue weighted by molar-refractivity contribution is 0.607. The van der Waals surface area contributed by atoms with E-state index in [1.54, 1.807) is 18.2 Å². The molecule has 7 heteroatoms. The lowest BCUT2D eigenvalue weighted by Crippen LogP contribution is -2.25. The van der Waals surface area contributed by atoms with Crippen molar-refractivity contribution in [3.8, 4) is 0 Å². The molecule has 0 spiro atoms. The zero-order valence-corrected chi connectivity index (χ0v) is 11.3. The Bertz CT molecular complexity index is 490. The maximum atomic E-state index is 11.1. The maximum absolute atomic E-state index is 11.1. The first kappa shape index (κ1) is 14.1. The van der Waals surface area contributed by atoms with E-state index in [1.165, 1.54) is 0 Å². The topological polar surface area (TPSA) is 84.2 Å². The van der Waals surface area contributed by atoms with Crippen molar-refractivity contribution in [3.63, 3.8) is 0 Å². The second-order valence-corrected chi connectivity index (χ2v) is 6.01. The number of benzene rings is 1. The molecular formula is C10H16ClN3O2S.